The number of alkyl halides is 3. The monoisotopic (exact) mass is 392 g/mol. The number of halogens is 3. The van der Waals surface area contributed by atoms with E-state index in [9.17, 15) is 13.2 Å². The van der Waals surface area contributed by atoms with Crippen LogP contribution in [-0.2, 0) is 19.6 Å². The summed E-state index contributed by atoms with van der Waals surface area (Å²) in [6.45, 7) is 2.53. The second-order valence-corrected chi connectivity index (χ2v) is 7.07. The quantitative estimate of drug-likeness (QED) is 0.616. The van der Waals surface area contributed by atoms with Gasteiger partial charge in [0.1, 0.15) is 5.75 Å². The summed E-state index contributed by atoms with van der Waals surface area (Å²) in [6.07, 6.45) is -2.57. The van der Waals surface area contributed by atoms with Crippen LogP contribution in [0.4, 0.5) is 13.2 Å². The molecule has 5 nitrogen and oxygen atoms in total. The lowest BCUT2D eigenvalue weighted by Gasteiger charge is -2.12. The van der Waals surface area contributed by atoms with Crippen LogP contribution in [0.2, 0.25) is 0 Å². The van der Waals surface area contributed by atoms with E-state index in [-0.39, 0.29) is 22.6 Å². The lowest BCUT2D eigenvalue weighted by Crippen LogP contribution is -2.13. The minimum Gasteiger partial charge on any atom is -0.439 e. The van der Waals surface area contributed by atoms with Crippen LogP contribution in [0.1, 0.15) is 23.2 Å². The number of fused-ring (bicyclic) bond motifs is 1. The molecule has 150 valence electrons. The van der Waals surface area contributed by atoms with Gasteiger partial charge in [-0.15, -0.1) is 0 Å². The van der Waals surface area contributed by atoms with Gasteiger partial charge in [0.05, 0.1) is 16.6 Å². The Bertz CT molecular complexity index is 962. The second kappa shape index (κ2) is 7.79. The molecule has 0 saturated heterocycles. The molecule has 2 heterocycles. The van der Waals surface area contributed by atoms with Crippen LogP contribution in [0.5, 0.6) is 11.6 Å². The summed E-state index contributed by atoms with van der Waals surface area (Å²) >= 11 is 0. The van der Waals surface area contributed by atoms with E-state index in [4.69, 9.17) is 4.74 Å². The number of hydrogen-bond donors (Lipinski definition) is 0. The Morgan fingerprint density at radius 3 is 2.43 bits per heavy atom. The van der Waals surface area contributed by atoms with E-state index in [2.05, 4.69) is 15.0 Å². The normalized spacial score (nSPS) is 12.1. The van der Waals surface area contributed by atoms with Crippen LogP contribution in [0, 0.1) is 6.92 Å². The molecule has 0 spiro atoms. The van der Waals surface area contributed by atoms with E-state index in [0.717, 1.165) is 31.0 Å². The molecule has 0 atom stereocenters. The van der Waals surface area contributed by atoms with Gasteiger partial charge in [-0.3, -0.25) is 4.68 Å². The number of benzene rings is 1. The van der Waals surface area contributed by atoms with Crippen LogP contribution in [0.3, 0.4) is 0 Å². The zero-order valence-corrected chi connectivity index (χ0v) is 16.3. The van der Waals surface area contributed by atoms with Crippen LogP contribution in [0.25, 0.3) is 11.0 Å². The summed E-state index contributed by atoms with van der Waals surface area (Å²) in [5.41, 5.74) is 0.780. The lowest BCUT2D eigenvalue weighted by molar-refractivity contribution is -0.136. The Labute approximate surface area is 161 Å². The van der Waals surface area contributed by atoms with Crippen LogP contribution in [0.15, 0.2) is 30.3 Å². The van der Waals surface area contributed by atoms with Crippen molar-refractivity contribution in [3.63, 3.8) is 0 Å². The molecule has 0 unspecified atom stereocenters. The van der Waals surface area contributed by atoms with E-state index >= 15 is 0 Å². The molecule has 3 aromatic rings. The standard InChI is InChI=1S/C20H23F3N4O/c1-13-18-16(20(21,22)23)12-17(24-19(18)27(4)25-13)28-15-9-7-14(8-10-15)6-5-11-26(2)3/h7-10,12H,5-6,11H2,1-4H3. The summed E-state index contributed by atoms with van der Waals surface area (Å²) in [7, 11) is 5.62. The first-order chi connectivity index (χ1) is 13.1. The highest BCUT2D eigenvalue weighted by Crippen LogP contribution is 2.38. The third-order valence-corrected chi connectivity index (χ3v) is 4.47. The van der Waals surface area contributed by atoms with Gasteiger partial charge in [0, 0.05) is 13.1 Å². The summed E-state index contributed by atoms with van der Waals surface area (Å²) in [6, 6.07) is 8.27. The van der Waals surface area contributed by atoms with Crippen molar-refractivity contribution in [2.45, 2.75) is 25.9 Å². The van der Waals surface area contributed by atoms with Crippen molar-refractivity contribution in [1.82, 2.24) is 19.7 Å². The summed E-state index contributed by atoms with van der Waals surface area (Å²) < 4.78 is 47.5. The molecule has 0 aliphatic heterocycles. The zero-order chi connectivity index (χ0) is 20.5. The summed E-state index contributed by atoms with van der Waals surface area (Å²) in [5, 5.41) is 4.06. The van der Waals surface area contributed by atoms with Gasteiger partial charge in [-0.1, -0.05) is 12.1 Å². The SMILES string of the molecule is Cc1nn(C)c2nc(Oc3ccc(CCCN(C)C)cc3)cc(C(F)(F)F)c12. The largest absolute Gasteiger partial charge is 0.439 e. The van der Waals surface area contributed by atoms with E-state index < -0.39 is 11.7 Å². The topological polar surface area (TPSA) is 43.2 Å². The number of aryl methyl sites for hydroxylation is 3. The predicted molar refractivity (Wildman–Crippen MR) is 102 cm³/mol. The molecule has 28 heavy (non-hydrogen) atoms. The first-order valence-electron chi connectivity index (χ1n) is 8.98. The lowest BCUT2D eigenvalue weighted by atomic mass is 10.1. The predicted octanol–water partition coefficient (Wildman–Crippen LogP) is 4.58. The highest BCUT2D eigenvalue weighted by atomic mass is 19.4. The Morgan fingerprint density at radius 2 is 1.82 bits per heavy atom. The maximum Gasteiger partial charge on any atom is 0.417 e. The van der Waals surface area contributed by atoms with Crippen LogP contribution >= 0.6 is 0 Å². The molecule has 1 aromatic carbocycles. The van der Waals surface area contributed by atoms with Crippen LogP contribution < -0.4 is 4.74 Å². The van der Waals surface area contributed by atoms with Crippen molar-refractivity contribution in [1.29, 1.82) is 0 Å². The first kappa shape index (κ1) is 20.1. The fourth-order valence-electron chi connectivity index (χ4n) is 3.14. The second-order valence-electron chi connectivity index (χ2n) is 7.07. The first-order valence-corrected chi connectivity index (χ1v) is 8.98. The van der Waals surface area contributed by atoms with Gasteiger partial charge in [0.25, 0.3) is 0 Å². The summed E-state index contributed by atoms with van der Waals surface area (Å²) in [4.78, 5) is 6.35. The van der Waals surface area contributed by atoms with Gasteiger partial charge < -0.3 is 9.64 Å². The number of rotatable bonds is 6. The highest BCUT2D eigenvalue weighted by Gasteiger charge is 2.35. The van der Waals surface area contributed by atoms with Crippen molar-refractivity contribution in [2.24, 2.45) is 7.05 Å². The van der Waals surface area contributed by atoms with Crippen molar-refractivity contribution < 1.29 is 17.9 Å². The summed E-state index contributed by atoms with van der Waals surface area (Å²) in [5.74, 6) is 0.332. The molecule has 3 rings (SSSR count). The van der Waals surface area contributed by atoms with Crippen molar-refractivity contribution >= 4 is 11.0 Å². The van der Waals surface area contributed by atoms with Gasteiger partial charge in [-0.05, 0) is 58.1 Å². The Kier molecular flexibility index (Phi) is 5.60. The third-order valence-electron chi connectivity index (χ3n) is 4.47. The Hall–Kier alpha value is -2.61. The number of hydrogen-bond acceptors (Lipinski definition) is 4. The smallest absolute Gasteiger partial charge is 0.417 e. The number of pyridine rings is 1. The van der Waals surface area contributed by atoms with E-state index in [1.54, 1.807) is 19.2 Å². The fourth-order valence-corrected chi connectivity index (χ4v) is 3.14. The van der Waals surface area contributed by atoms with Crippen molar-refractivity contribution in [2.75, 3.05) is 20.6 Å². The number of ether oxygens (including phenoxy) is 1. The molecular formula is C20H23F3N4O. The fraction of sp³-hybridized carbons (Fsp3) is 0.400. The highest BCUT2D eigenvalue weighted by molar-refractivity contribution is 5.83. The molecule has 2 aromatic heterocycles. The van der Waals surface area contributed by atoms with Gasteiger partial charge in [0.15, 0.2) is 5.65 Å². The minimum absolute atomic E-state index is 0.00131. The molecular weight excluding hydrogens is 369 g/mol. The molecule has 8 heteroatoms. The maximum atomic E-state index is 13.5. The van der Waals surface area contributed by atoms with Gasteiger partial charge in [-0.25, -0.2) is 0 Å². The third kappa shape index (κ3) is 4.44. The van der Waals surface area contributed by atoms with Gasteiger partial charge >= 0.3 is 6.18 Å². The Morgan fingerprint density at radius 1 is 1.14 bits per heavy atom. The maximum absolute atomic E-state index is 13.5. The minimum atomic E-state index is -4.52. The van der Waals surface area contributed by atoms with E-state index in [1.807, 2.05) is 26.2 Å². The number of aromatic nitrogens is 3. The Balaban J connectivity index is 1.85. The molecule has 0 fully saturated rings. The number of nitrogens with zero attached hydrogens (tertiary/aromatic N) is 4. The zero-order valence-electron chi connectivity index (χ0n) is 16.3. The molecule has 0 saturated carbocycles. The van der Waals surface area contributed by atoms with E-state index in [0.29, 0.717) is 5.75 Å². The van der Waals surface area contributed by atoms with E-state index in [1.165, 1.54) is 11.6 Å². The van der Waals surface area contributed by atoms with Gasteiger partial charge in [0.2, 0.25) is 5.88 Å². The van der Waals surface area contributed by atoms with Crippen molar-refractivity contribution in [3.05, 3.63) is 47.2 Å². The molecule has 0 aliphatic carbocycles. The molecule has 0 amide bonds. The molecule has 0 N–H and O–H groups in total. The average molecular weight is 392 g/mol. The molecule has 0 aliphatic rings. The van der Waals surface area contributed by atoms with Crippen LogP contribution in [-0.4, -0.2) is 40.3 Å². The average Bonchev–Trinajstić information content (AvgIpc) is 2.89. The van der Waals surface area contributed by atoms with Gasteiger partial charge in [-0.2, -0.15) is 23.3 Å². The molecule has 0 bridgehead atoms. The van der Waals surface area contributed by atoms with Crippen molar-refractivity contribution in [3.8, 4) is 11.6 Å². The molecule has 0 radical (unpaired) electrons.